The smallest absolute Gasteiger partial charge is 0.262 e. The van der Waals surface area contributed by atoms with Crippen LogP contribution in [-0.4, -0.2) is 48.1 Å². The number of para-hydroxylation sites is 1. The Balaban J connectivity index is 1.96. The van der Waals surface area contributed by atoms with Crippen LogP contribution in [0.5, 0.6) is 5.75 Å². The zero-order chi connectivity index (χ0) is 21.8. The van der Waals surface area contributed by atoms with E-state index in [9.17, 15) is 14.0 Å². The molecule has 1 aliphatic rings. The van der Waals surface area contributed by atoms with E-state index in [1.54, 1.807) is 46.2 Å². The number of ether oxygens (including phenoxy) is 1. The molecule has 0 radical (unpaired) electrons. The lowest BCUT2D eigenvalue weighted by Crippen LogP contribution is -2.40. The molecule has 0 bridgehead atoms. The summed E-state index contributed by atoms with van der Waals surface area (Å²) in [6, 6.07) is 13.3. The van der Waals surface area contributed by atoms with Gasteiger partial charge in [-0.1, -0.05) is 50.2 Å². The number of methoxy groups -OCH3 is 1. The van der Waals surface area contributed by atoms with Crippen molar-refractivity contribution >= 4 is 17.5 Å². The van der Waals surface area contributed by atoms with Gasteiger partial charge in [-0.15, -0.1) is 0 Å². The molecule has 3 rings (SSSR count). The van der Waals surface area contributed by atoms with Crippen molar-refractivity contribution < 1.29 is 18.7 Å². The van der Waals surface area contributed by atoms with Crippen LogP contribution in [0.15, 0.2) is 53.6 Å². The molecule has 30 heavy (non-hydrogen) atoms. The van der Waals surface area contributed by atoms with E-state index in [0.717, 1.165) is 5.56 Å². The Labute approximate surface area is 175 Å². The number of benzene rings is 2. The Bertz CT molecular complexity index is 974. The number of hydrazone groups is 1. The van der Waals surface area contributed by atoms with E-state index < -0.39 is 11.9 Å². The Morgan fingerprint density at radius 1 is 1.20 bits per heavy atom. The highest BCUT2D eigenvalue weighted by Gasteiger charge is 2.36. The van der Waals surface area contributed by atoms with Crippen molar-refractivity contribution in [2.24, 2.45) is 11.0 Å². The first-order valence-electron chi connectivity index (χ1n) is 9.85. The highest BCUT2D eigenvalue weighted by atomic mass is 19.1. The second-order valence-corrected chi connectivity index (χ2v) is 7.58. The van der Waals surface area contributed by atoms with E-state index >= 15 is 0 Å². The van der Waals surface area contributed by atoms with E-state index in [-0.39, 0.29) is 24.3 Å². The molecule has 0 aliphatic carbocycles. The first kappa shape index (κ1) is 21.5. The summed E-state index contributed by atoms with van der Waals surface area (Å²) in [5.41, 5.74) is 1.62. The summed E-state index contributed by atoms with van der Waals surface area (Å²) < 4.78 is 19.9. The van der Waals surface area contributed by atoms with Crippen molar-refractivity contribution in [3.8, 4) is 5.75 Å². The van der Waals surface area contributed by atoms with E-state index in [4.69, 9.17) is 4.74 Å². The number of nitrogens with zero attached hydrogens (tertiary/aromatic N) is 3. The third-order valence-corrected chi connectivity index (χ3v) is 5.09. The minimum atomic E-state index is -0.453. The van der Waals surface area contributed by atoms with Crippen molar-refractivity contribution in [1.82, 2.24) is 9.91 Å². The van der Waals surface area contributed by atoms with Crippen molar-refractivity contribution in [2.45, 2.75) is 26.3 Å². The van der Waals surface area contributed by atoms with Crippen LogP contribution in [0.2, 0.25) is 0 Å². The van der Waals surface area contributed by atoms with Crippen LogP contribution >= 0.6 is 0 Å². The predicted molar refractivity (Wildman–Crippen MR) is 113 cm³/mol. The fraction of sp³-hybridized carbons (Fsp3) is 0.348. The first-order chi connectivity index (χ1) is 14.3. The Morgan fingerprint density at radius 3 is 2.53 bits per heavy atom. The maximum absolute atomic E-state index is 14.4. The van der Waals surface area contributed by atoms with Gasteiger partial charge in [0.1, 0.15) is 18.1 Å². The van der Waals surface area contributed by atoms with Crippen molar-refractivity contribution in [3.63, 3.8) is 0 Å². The van der Waals surface area contributed by atoms with Crippen LogP contribution in [0, 0.1) is 11.7 Å². The van der Waals surface area contributed by atoms with Gasteiger partial charge in [0.05, 0.1) is 18.9 Å². The van der Waals surface area contributed by atoms with Gasteiger partial charge >= 0.3 is 0 Å². The summed E-state index contributed by atoms with van der Waals surface area (Å²) in [6.07, 6.45) is 0.342. The van der Waals surface area contributed by atoms with E-state index in [0.29, 0.717) is 23.4 Å². The molecule has 0 saturated heterocycles. The quantitative estimate of drug-likeness (QED) is 0.729. The van der Waals surface area contributed by atoms with Crippen LogP contribution in [0.4, 0.5) is 4.39 Å². The largest absolute Gasteiger partial charge is 0.496 e. The molecule has 1 aliphatic heterocycles. The lowest BCUT2D eigenvalue weighted by atomic mass is 9.97. The van der Waals surface area contributed by atoms with Crippen molar-refractivity contribution in [3.05, 3.63) is 65.5 Å². The van der Waals surface area contributed by atoms with E-state index in [1.165, 1.54) is 16.0 Å². The highest BCUT2D eigenvalue weighted by Crippen LogP contribution is 2.37. The maximum atomic E-state index is 14.4. The summed E-state index contributed by atoms with van der Waals surface area (Å²) in [7, 11) is 3.16. The summed E-state index contributed by atoms with van der Waals surface area (Å²) in [6.45, 7) is 3.45. The molecular formula is C23H26FN3O3. The lowest BCUT2D eigenvalue weighted by Gasteiger charge is -2.26. The minimum absolute atomic E-state index is 0.114. The molecule has 2 aromatic rings. The molecule has 1 heterocycles. The van der Waals surface area contributed by atoms with Crippen molar-refractivity contribution in [1.29, 1.82) is 0 Å². The predicted octanol–water partition coefficient (Wildman–Crippen LogP) is 3.63. The molecule has 1 atom stereocenters. The average molecular weight is 411 g/mol. The molecular weight excluding hydrogens is 385 g/mol. The second-order valence-electron chi connectivity index (χ2n) is 7.58. The normalized spacial score (nSPS) is 15.9. The minimum Gasteiger partial charge on any atom is -0.496 e. The number of amides is 2. The van der Waals surface area contributed by atoms with Gasteiger partial charge in [0.2, 0.25) is 5.91 Å². The molecule has 6 nitrogen and oxygen atoms in total. The van der Waals surface area contributed by atoms with Gasteiger partial charge in [-0.25, -0.2) is 9.40 Å². The number of carbonyl (C=O) groups excluding carboxylic acids is 2. The van der Waals surface area contributed by atoms with Gasteiger partial charge in [-0.05, 0) is 12.1 Å². The van der Waals surface area contributed by atoms with E-state index in [2.05, 4.69) is 5.10 Å². The average Bonchev–Trinajstić information content (AvgIpc) is 3.18. The zero-order valence-electron chi connectivity index (χ0n) is 17.6. The van der Waals surface area contributed by atoms with Gasteiger partial charge in [-0.2, -0.15) is 5.10 Å². The monoisotopic (exact) mass is 411 g/mol. The third kappa shape index (κ3) is 4.35. The lowest BCUT2D eigenvalue weighted by molar-refractivity contribution is -0.142. The summed E-state index contributed by atoms with van der Waals surface area (Å²) in [4.78, 5) is 26.7. The first-order valence-corrected chi connectivity index (χ1v) is 9.85. The second kappa shape index (κ2) is 9.07. The third-order valence-electron chi connectivity index (χ3n) is 5.09. The number of hydrogen-bond donors (Lipinski definition) is 0. The number of likely N-dealkylation sites (N-methyl/N-ethyl adjacent to an activating group) is 1. The summed E-state index contributed by atoms with van der Waals surface area (Å²) >= 11 is 0. The highest BCUT2D eigenvalue weighted by molar-refractivity contribution is 6.03. The maximum Gasteiger partial charge on any atom is 0.262 e. The standard InChI is InChI=1S/C23H26FN3O3/c1-15(2)23(29)26(3)14-22(28)27-20(17-10-6-8-12-21(17)30-4)13-19(25-27)16-9-5-7-11-18(16)24/h5-12,15,20H,13-14H2,1-4H3/t20-/m0/s1. The molecule has 0 aromatic heterocycles. The molecule has 0 saturated carbocycles. The van der Waals surface area contributed by atoms with Crippen LogP contribution < -0.4 is 4.74 Å². The van der Waals surface area contributed by atoms with Crippen LogP contribution in [0.3, 0.4) is 0 Å². The van der Waals surface area contributed by atoms with Gasteiger partial charge in [-0.3, -0.25) is 9.59 Å². The summed E-state index contributed by atoms with van der Waals surface area (Å²) in [5, 5.41) is 5.83. The van der Waals surface area contributed by atoms with Gasteiger partial charge in [0.15, 0.2) is 0 Å². The summed E-state index contributed by atoms with van der Waals surface area (Å²) in [5.74, 6) is -0.458. The molecule has 0 fully saturated rings. The molecule has 7 heteroatoms. The van der Waals surface area contributed by atoms with Crippen LogP contribution in [0.1, 0.15) is 37.4 Å². The number of rotatable bonds is 6. The van der Waals surface area contributed by atoms with Gasteiger partial charge < -0.3 is 9.64 Å². The Hall–Kier alpha value is -3.22. The Morgan fingerprint density at radius 2 is 1.87 bits per heavy atom. The van der Waals surface area contributed by atoms with Crippen LogP contribution in [-0.2, 0) is 9.59 Å². The fourth-order valence-corrected chi connectivity index (χ4v) is 3.58. The topological polar surface area (TPSA) is 62.2 Å². The van der Waals surface area contributed by atoms with Gasteiger partial charge in [0, 0.05) is 30.5 Å². The zero-order valence-corrected chi connectivity index (χ0v) is 17.6. The molecule has 2 aromatic carbocycles. The van der Waals surface area contributed by atoms with Crippen molar-refractivity contribution in [2.75, 3.05) is 20.7 Å². The number of hydrogen-bond acceptors (Lipinski definition) is 4. The molecule has 158 valence electrons. The SMILES string of the molecule is COc1ccccc1[C@@H]1CC(c2ccccc2F)=NN1C(=O)CN(C)C(=O)C(C)C. The number of halogens is 1. The fourth-order valence-electron chi connectivity index (χ4n) is 3.58. The van der Waals surface area contributed by atoms with Crippen LogP contribution in [0.25, 0.3) is 0 Å². The molecule has 0 spiro atoms. The Kier molecular flexibility index (Phi) is 6.50. The van der Waals surface area contributed by atoms with Gasteiger partial charge in [0.25, 0.3) is 5.91 Å². The molecule has 0 N–H and O–H groups in total. The molecule has 0 unspecified atom stereocenters. The number of carbonyl (C=O) groups is 2. The molecule has 2 amide bonds. The van der Waals surface area contributed by atoms with E-state index in [1.807, 2.05) is 24.3 Å².